The lowest BCUT2D eigenvalue weighted by Crippen LogP contribution is -1.77. The van der Waals surface area contributed by atoms with Crippen LogP contribution in [0.2, 0.25) is 0 Å². The van der Waals surface area contributed by atoms with Gasteiger partial charge in [0.1, 0.15) is 0 Å². The molecule has 0 saturated carbocycles. The zero-order chi connectivity index (χ0) is 80.9. The molecule has 0 aliphatic heterocycles. The minimum atomic E-state index is -0.671. The Bertz CT molecular complexity index is 1710. The van der Waals surface area contributed by atoms with Crippen LogP contribution in [0.1, 0.15) is 0 Å². The molecule has 102 heavy (non-hydrogen) atoms. The van der Waals surface area contributed by atoms with Crippen LogP contribution in [0.4, 0.5) is 0 Å². The van der Waals surface area contributed by atoms with E-state index in [4.69, 9.17) is 0 Å². The van der Waals surface area contributed by atoms with E-state index >= 15 is 0 Å². The molecule has 0 heterocycles. The fourth-order valence-corrected chi connectivity index (χ4v) is 1530. The van der Waals surface area contributed by atoms with Crippen molar-refractivity contribution in [1.29, 1.82) is 0 Å². The van der Waals surface area contributed by atoms with Gasteiger partial charge in [-0.25, -0.2) is 0 Å². The van der Waals surface area contributed by atoms with Crippen molar-refractivity contribution in [1.82, 2.24) is 0 Å². The molecule has 54 atom stereocenters. The van der Waals surface area contributed by atoms with E-state index in [1.54, 1.807) is 0 Å². The SMILES string of the molecule is PP(P)P(P(P)P)P(P(P(P)P)P(P)P)P(P(P(P)P)P(P)P)P(P(P(P(P)P)P(P)P)P(P(P)P)P(P)P)P(P(P(P(P(P)P)P(P)P)P(P(P)P)P(P)P)P(P(P(P)P)P(P)P)P(P(P)P)P(P)P)P(P(P(P(P)P)P(P)P)P(P(P)P)P(P)P)P(P(P(P)P)P(P)P)P(P(P)P)P(P)P. The highest BCUT2D eigenvalue weighted by molar-refractivity contribution is 9.61. The molecule has 0 amide bonds. The molecule has 0 N–H and O–H groups in total. The average Bonchev–Trinajstić information content (AvgIpc) is 3.39. The van der Waals surface area contributed by atoms with Gasteiger partial charge < -0.3 is 0 Å². The Morgan fingerprint density at radius 3 is 0.118 bits per heavy atom. The van der Waals surface area contributed by atoms with Crippen LogP contribution < -0.4 is 0 Å². The third kappa shape index (κ3) is 51.0. The first-order chi connectivity index (χ1) is 46.4. The van der Waals surface area contributed by atoms with E-state index < -0.39 is 335 Å². The zero-order valence-electron chi connectivity index (χ0n) is 52.4. The van der Waals surface area contributed by atoms with Crippen molar-refractivity contribution in [3.63, 3.8) is 0 Å². The monoisotopic (exact) mass is 3260 g/mol. The first-order valence-corrected chi connectivity index (χ1v) is 209. The molecule has 0 nitrogen and oxygen atoms in total. The van der Waals surface area contributed by atoms with Gasteiger partial charge in [-0.2, -0.15) is 0 Å². The van der Waals surface area contributed by atoms with Crippen molar-refractivity contribution < 1.29 is 0 Å². The van der Waals surface area contributed by atoms with E-state index in [9.17, 15) is 0 Å². The number of rotatable bonds is 49. The quantitative estimate of drug-likeness (QED) is 0.0533. The third-order valence-electron chi connectivity index (χ3n) is 9.05. The van der Waals surface area contributed by atoms with Crippen molar-refractivity contribution in [2.24, 2.45) is 0 Å². The van der Waals surface area contributed by atoms with Crippen LogP contribution in [0.25, 0.3) is 0 Å². The Hall–Kier alpha value is 43.9. The summed E-state index contributed by atoms with van der Waals surface area (Å²) in [5.41, 5.74) is 0. The summed E-state index contributed by atoms with van der Waals surface area (Å²) < 4.78 is 0. The summed E-state index contributed by atoms with van der Waals surface area (Å²) in [4.78, 5) is 0. The van der Waals surface area contributed by atoms with Gasteiger partial charge in [-0.3, -0.25) is 0 Å². The summed E-state index contributed by atoms with van der Waals surface area (Å²) in [7, 11) is 198. The van der Waals surface area contributed by atoms with Gasteiger partial charge in [0.05, 0.1) is 0 Å². The fraction of sp³-hybridized carbons (Fsp3) is 0. The highest BCUT2D eigenvalue weighted by Crippen LogP contribution is 3.55. The Balaban J connectivity index is 14.9. The molecule has 0 aromatic rings. The Kier molecular flexibility index (Phi) is 114. The van der Waals surface area contributed by atoms with Gasteiger partial charge >= 0.3 is 0 Å². The van der Waals surface area contributed by atoms with E-state index in [0.29, 0.717) is 0 Å². The molecule has 102 heteroatoms. The topological polar surface area (TPSA) is 0 Å². The van der Waals surface area contributed by atoms with Gasteiger partial charge in [0.15, 0.2) is 0 Å². The van der Waals surface area contributed by atoms with Crippen molar-refractivity contribution >= 4 is 814 Å². The fourth-order valence-electron chi connectivity index (χ4n) is 6.31. The summed E-state index contributed by atoms with van der Waals surface area (Å²) in [6.45, 7) is -23.3. The maximum atomic E-state index is 3.87. The molecule has 0 aliphatic carbocycles. The Morgan fingerprint density at radius 1 is 0.0490 bits per heavy atom. The predicted octanol–water partition coefficient (Wildman–Crippen LogP) is 60.0. The molecule has 0 bridgehead atoms. The Morgan fingerprint density at radius 2 is 0.0784 bits per heavy atom. The van der Waals surface area contributed by atoms with Gasteiger partial charge in [0, 0.05) is 0 Å². The number of hydrogen-bond acceptors (Lipinski definition) is 0. The molecule has 54 unspecified atom stereocenters. The van der Waals surface area contributed by atoms with Crippen molar-refractivity contribution in [3.05, 3.63) is 0 Å². The largest absolute Gasteiger partial charge is 0.102 e. The lowest BCUT2D eigenvalue weighted by atomic mass is 28.3. The molecule has 0 rings (SSSR count). The van der Waals surface area contributed by atoms with Crippen molar-refractivity contribution in [2.75, 3.05) is 0 Å². The summed E-state index contributed by atoms with van der Waals surface area (Å²) in [5.74, 6) is 0. The minimum Gasteiger partial charge on any atom is -0.102 e. The van der Waals surface area contributed by atoms with E-state index in [-0.39, 0.29) is 14.0 Å². The van der Waals surface area contributed by atoms with E-state index in [2.05, 4.69) is 464 Å². The second-order valence-electron chi connectivity index (χ2n) is 16.3. The van der Waals surface area contributed by atoms with Crippen LogP contribution in [-0.4, -0.2) is 0 Å². The third-order valence-corrected chi connectivity index (χ3v) is 733. The van der Waals surface area contributed by atoms with E-state index in [0.717, 1.165) is 0 Å². The Labute approximate surface area is 800 Å². The van der Waals surface area contributed by atoms with Crippen LogP contribution in [0.5, 0.6) is 0 Å². The highest BCUT2D eigenvalue weighted by atomic mass is 33.7. The molecular formula is H104P102. The lowest BCUT2D eigenvalue weighted by molar-refractivity contribution is 4.29. The molecule has 614 valence electrons. The summed E-state index contributed by atoms with van der Waals surface area (Å²) in [5, 5.41) is 0. The smallest absolute Gasteiger partial charge is 0.000000220 e. The lowest BCUT2D eigenvalue weighted by Gasteiger charge is -2.64. The minimum absolute atomic E-state index is 0.387. The first kappa shape index (κ1) is 146. The van der Waals surface area contributed by atoms with Crippen molar-refractivity contribution in [2.45, 2.75) is 0 Å². The zero-order valence-corrected chi connectivity index (χ0v) is 157. The molecule has 0 radical (unpaired) electrons. The van der Waals surface area contributed by atoms with E-state index in [1.807, 2.05) is 0 Å². The van der Waals surface area contributed by atoms with Crippen LogP contribution in [-0.2, 0) is 0 Å². The second-order valence-corrected chi connectivity index (χ2v) is 441. The molecular weight excluding hydrogens is 3160 g/mol. The van der Waals surface area contributed by atoms with Crippen LogP contribution in [0.3, 0.4) is 0 Å². The summed E-state index contributed by atoms with van der Waals surface area (Å²) >= 11 is 0. The molecule has 0 saturated heterocycles. The van der Waals surface area contributed by atoms with Gasteiger partial charge in [0.25, 0.3) is 0 Å². The van der Waals surface area contributed by atoms with Gasteiger partial charge in [-0.15, -0.1) is 464 Å². The molecule has 0 spiro atoms. The van der Waals surface area contributed by atoms with Gasteiger partial charge in [-0.1, -0.05) is 0 Å². The van der Waals surface area contributed by atoms with Crippen LogP contribution in [0, 0.1) is 0 Å². The van der Waals surface area contributed by atoms with Gasteiger partial charge in [-0.05, 0) is 349 Å². The maximum Gasteiger partial charge on any atom is -0.000000220 e. The highest BCUT2D eigenvalue weighted by Gasteiger charge is 2.68. The molecule has 0 aliphatic rings. The second kappa shape index (κ2) is 79.8. The molecule has 0 aromatic heterocycles. The first-order valence-electron chi connectivity index (χ1n) is 23.2. The number of hydrogen-bond donors (Lipinski definition) is 0. The normalized spacial score (nSPS) is 15.3. The van der Waals surface area contributed by atoms with Crippen LogP contribution in [0.15, 0.2) is 0 Å². The van der Waals surface area contributed by atoms with Crippen molar-refractivity contribution in [3.8, 4) is 0 Å². The molecule has 0 aromatic carbocycles. The van der Waals surface area contributed by atoms with Crippen LogP contribution >= 0.6 is 814 Å². The predicted molar refractivity (Wildman–Crippen MR) is 851 cm³/mol. The summed E-state index contributed by atoms with van der Waals surface area (Å²) in [6, 6.07) is 0. The average molecular weight is 3260 g/mol. The van der Waals surface area contributed by atoms with E-state index in [1.165, 1.54) is 0 Å². The van der Waals surface area contributed by atoms with Gasteiger partial charge in [0.2, 0.25) is 0 Å². The summed E-state index contributed by atoms with van der Waals surface area (Å²) in [6.07, 6.45) is 0. The maximum absolute atomic E-state index is 3.87. The molecule has 0 fully saturated rings. The standard InChI is InChI=1S/H104P102/c1-53(2)79(54(3)4)92(80(55(5)6)56(7)8)98(91(77(49)50)78(51)52)101(97(89(73(41)42)74(43)44)90(75(45)46)76(47)48)102(99(93(81(57(9)10)58(11)12)82(59(13)14)60(15)16)94(83(61(17)18)62(19)20)84(63(21)22)64(23)24)100(95(85(65(25)26)66(27)28)86(67(29)30)68(31)32)96(87(69(33)34)70(35)36)88(71(37)38)72(39)40/h1-52H2.